The number of carbonyl (C=O) groups excluding carboxylic acids is 1. The molecule has 1 aromatic rings. The van der Waals surface area contributed by atoms with Crippen molar-refractivity contribution in [3.8, 4) is 0 Å². The lowest BCUT2D eigenvalue weighted by Gasteiger charge is -2.22. The molecule has 1 heterocycles. The molecule has 5 N–H and O–H groups in total. The Labute approximate surface area is 97.6 Å². The Morgan fingerprint density at radius 2 is 2.24 bits per heavy atom. The summed E-state index contributed by atoms with van der Waals surface area (Å²) in [6.07, 6.45) is 0.404. The van der Waals surface area contributed by atoms with Crippen LogP contribution in [-0.2, 0) is 4.79 Å². The van der Waals surface area contributed by atoms with E-state index in [0.29, 0.717) is 6.42 Å². The molecule has 0 bridgehead atoms. The SMILES string of the molecule is CCC(C)(CNC(=O)c1nc(N)n[nH]1)C(=O)O. The Morgan fingerprint density at radius 1 is 1.59 bits per heavy atom. The number of nitrogens with zero attached hydrogens (tertiary/aromatic N) is 2. The number of anilines is 1. The number of nitrogen functional groups attached to an aromatic ring is 1. The van der Waals surface area contributed by atoms with Gasteiger partial charge in [0.05, 0.1) is 5.41 Å². The maximum Gasteiger partial charge on any atom is 0.311 e. The first-order valence-electron chi connectivity index (χ1n) is 5.08. The van der Waals surface area contributed by atoms with Crippen molar-refractivity contribution in [3.63, 3.8) is 0 Å². The van der Waals surface area contributed by atoms with Gasteiger partial charge in [-0.1, -0.05) is 6.92 Å². The molecule has 0 saturated carbocycles. The molecule has 1 amide bonds. The Kier molecular flexibility index (Phi) is 3.66. The van der Waals surface area contributed by atoms with E-state index in [-0.39, 0.29) is 18.3 Å². The van der Waals surface area contributed by atoms with Crippen molar-refractivity contribution in [3.05, 3.63) is 5.82 Å². The van der Waals surface area contributed by atoms with Crippen molar-refractivity contribution >= 4 is 17.8 Å². The standard InChI is InChI=1S/C9H15N5O3/c1-3-9(2,7(16)17)4-11-6(15)5-12-8(10)14-13-5/h3-4H2,1-2H3,(H,11,15)(H,16,17)(H3,10,12,13,14). The number of amides is 1. The van der Waals surface area contributed by atoms with E-state index in [1.807, 2.05) is 0 Å². The molecule has 1 rings (SSSR count). The van der Waals surface area contributed by atoms with Gasteiger partial charge < -0.3 is 16.2 Å². The average Bonchev–Trinajstić information content (AvgIpc) is 2.72. The number of aliphatic carboxylic acids is 1. The van der Waals surface area contributed by atoms with Gasteiger partial charge in [-0.3, -0.25) is 14.7 Å². The van der Waals surface area contributed by atoms with E-state index < -0.39 is 17.3 Å². The lowest BCUT2D eigenvalue weighted by Crippen LogP contribution is -2.40. The summed E-state index contributed by atoms with van der Waals surface area (Å²) >= 11 is 0. The number of rotatable bonds is 5. The number of carboxylic acids is 1. The van der Waals surface area contributed by atoms with Crippen molar-refractivity contribution < 1.29 is 14.7 Å². The zero-order valence-corrected chi connectivity index (χ0v) is 9.65. The van der Waals surface area contributed by atoms with Crippen LogP contribution in [0.3, 0.4) is 0 Å². The van der Waals surface area contributed by atoms with Gasteiger partial charge in [0.2, 0.25) is 11.8 Å². The topological polar surface area (TPSA) is 134 Å². The van der Waals surface area contributed by atoms with Crippen LogP contribution >= 0.6 is 0 Å². The molecule has 0 saturated heterocycles. The third-order valence-corrected chi connectivity index (χ3v) is 2.65. The highest BCUT2D eigenvalue weighted by molar-refractivity contribution is 5.91. The lowest BCUT2D eigenvalue weighted by molar-refractivity contribution is -0.147. The fourth-order valence-electron chi connectivity index (χ4n) is 1.09. The highest BCUT2D eigenvalue weighted by Crippen LogP contribution is 2.19. The molecular weight excluding hydrogens is 226 g/mol. The molecule has 1 aromatic heterocycles. The molecule has 8 heteroatoms. The molecule has 0 aromatic carbocycles. The van der Waals surface area contributed by atoms with Gasteiger partial charge in [0, 0.05) is 6.54 Å². The van der Waals surface area contributed by atoms with E-state index in [1.54, 1.807) is 13.8 Å². The molecule has 94 valence electrons. The Hall–Kier alpha value is -2.12. The third-order valence-electron chi connectivity index (χ3n) is 2.65. The molecule has 0 spiro atoms. The van der Waals surface area contributed by atoms with Gasteiger partial charge in [-0.15, -0.1) is 5.10 Å². The monoisotopic (exact) mass is 241 g/mol. The zero-order chi connectivity index (χ0) is 13.1. The van der Waals surface area contributed by atoms with Gasteiger partial charge in [-0.05, 0) is 13.3 Å². The fourth-order valence-corrected chi connectivity index (χ4v) is 1.09. The van der Waals surface area contributed by atoms with Crippen LogP contribution in [0.4, 0.5) is 5.95 Å². The van der Waals surface area contributed by atoms with Crippen LogP contribution in [-0.4, -0.2) is 38.7 Å². The van der Waals surface area contributed by atoms with Crippen molar-refractivity contribution in [2.24, 2.45) is 5.41 Å². The van der Waals surface area contributed by atoms with Gasteiger partial charge in [0.1, 0.15) is 0 Å². The first-order valence-corrected chi connectivity index (χ1v) is 5.08. The van der Waals surface area contributed by atoms with Crippen LogP contribution in [0.15, 0.2) is 0 Å². The maximum absolute atomic E-state index is 11.5. The van der Waals surface area contributed by atoms with E-state index in [4.69, 9.17) is 10.8 Å². The number of aromatic amines is 1. The maximum atomic E-state index is 11.5. The smallest absolute Gasteiger partial charge is 0.311 e. The summed E-state index contributed by atoms with van der Waals surface area (Å²) in [6, 6.07) is 0. The summed E-state index contributed by atoms with van der Waals surface area (Å²) in [4.78, 5) is 26.2. The summed E-state index contributed by atoms with van der Waals surface area (Å²) in [5, 5.41) is 17.3. The number of nitrogens with two attached hydrogens (primary N) is 1. The molecule has 1 atom stereocenters. The predicted octanol–water partition coefficient (Wildman–Crippen LogP) is -0.382. The zero-order valence-electron chi connectivity index (χ0n) is 9.65. The van der Waals surface area contributed by atoms with Crippen LogP contribution in [0.25, 0.3) is 0 Å². The molecule has 17 heavy (non-hydrogen) atoms. The van der Waals surface area contributed by atoms with E-state index in [2.05, 4.69) is 20.5 Å². The number of H-pyrrole nitrogens is 1. The van der Waals surface area contributed by atoms with Gasteiger partial charge in [0.15, 0.2) is 0 Å². The lowest BCUT2D eigenvalue weighted by atomic mass is 9.88. The van der Waals surface area contributed by atoms with Gasteiger partial charge in [0.25, 0.3) is 5.91 Å². The van der Waals surface area contributed by atoms with Crippen LogP contribution in [0.1, 0.15) is 30.9 Å². The Morgan fingerprint density at radius 3 is 2.65 bits per heavy atom. The second kappa shape index (κ2) is 4.81. The molecule has 0 aliphatic carbocycles. The average molecular weight is 241 g/mol. The highest BCUT2D eigenvalue weighted by atomic mass is 16.4. The van der Waals surface area contributed by atoms with Crippen molar-refractivity contribution in [1.82, 2.24) is 20.5 Å². The van der Waals surface area contributed by atoms with Gasteiger partial charge >= 0.3 is 5.97 Å². The molecule has 1 unspecified atom stereocenters. The van der Waals surface area contributed by atoms with E-state index in [1.165, 1.54) is 0 Å². The first-order chi connectivity index (χ1) is 7.89. The first kappa shape index (κ1) is 12.9. The largest absolute Gasteiger partial charge is 0.481 e. The molecule has 0 aliphatic rings. The normalized spacial score (nSPS) is 14.0. The van der Waals surface area contributed by atoms with Crippen molar-refractivity contribution in [2.45, 2.75) is 20.3 Å². The van der Waals surface area contributed by atoms with Crippen LogP contribution in [0.5, 0.6) is 0 Å². The van der Waals surface area contributed by atoms with Crippen molar-refractivity contribution in [1.29, 1.82) is 0 Å². The minimum Gasteiger partial charge on any atom is -0.481 e. The number of carboxylic acid groups (broad SMARTS) is 1. The second-order valence-corrected chi connectivity index (χ2v) is 3.94. The quantitative estimate of drug-likeness (QED) is 0.555. The highest BCUT2D eigenvalue weighted by Gasteiger charge is 2.31. The van der Waals surface area contributed by atoms with E-state index >= 15 is 0 Å². The summed E-state index contributed by atoms with van der Waals surface area (Å²) in [5.74, 6) is -1.56. The minimum atomic E-state index is -0.999. The predicted molar refractivity (Wildman–Crippen MR) is 59.2 cm³/mol. The molecule has 0 aliphatic heterocycles. The van der Waals surface area contributed by atoms with E-state index in [0.717, 1.165) is 0 Å². The number of aromatic nitrogens is 3. The summed E-state index contributed by atoms with van der Waals surface area (Å²) in [6.45, 7) is 3.31. The summed E-state index contributed by atoms with van der Waals surface area (Å²) in [5.41, 5.74) is 4.25. The van der Waals surface area contributed by atoms with E-state index in [9.17, 15) is 9.59 Å². The Bertz CT molecular complexity index is 430. The number of carbonyl (C=O) groups is 2. The van der Waals surface area contributed by atoms with Gasteiger partial charge in [-0.25, -0.2) is 0 Å². The van der Waals surface area contributed by atoms with Crippen LogP contribution in [0.2, 0.25) is 0 Å². The molecule has 0 fully saturated rings. The van der Waals surface area contributed by atoms with Crippen molar-refractivity contribution in [2.75, 3.05) is 12.3 Å². The Balaban J connectivity index is 2.62. The van der Waals surface area contributed by atoms with Gasteiger partial charge in [-0.2, -0.15) is 4.98 Å². The third kappa shape index (κ3) is 2.92. The molecule has 0 radical (unpaired) electrons. The van der Waals surface area contributed by atoms with Crippen LogP contribution < -0.4 is 11.1 Å². The minimum absolute atomic E-state index is 0.0122. The second-order valence-electron chi connectivity index (χ2n) is 3.94. The number of hydrogen-bond acceptors (Lipinski definition) is 5. The fraction of sp³-hybridized carbons (Fsp3) is 0.556. The molecular formula is C9H15N5O3. The number of hydrogen-bond donors (Lipinski definition) is 4. The molecule has 8 nitrogen and oxygen atoms in total. The number of nitrogens with one attached hydrogen (secondary N) is 2. The summed E-state index contributed by atoms with van der Waals surface area (Å²) in [7, 11) is 0. The van der Waals surface area contributed by atoms with Crippen LogP contribution in [0, 0.1) is 5.41 Å². The summed E-state index contributed by atoms with van der Waals surface area (Å²) < 4.78 is 0.